The molecule has 0 saturated carbocycles. The normalized spacial score (nSPS) is 12.4. The van der Waals surface area contributed by atoms with E-state index >= 15 is 0 Å². The maximum absolute atomic E-state index is 14.3. The van der Waals surface area contributed by atoms with Crippen LogP contribution in [-0.4, -0.2) is 6.54 Å². The molecule has 0 fully saturated rings. The fourth-order valence-electron chi connectivity index (χ4n) is 2.22. The molecule has 1 nitrogen and oxygen atoms in total. The van der Waals surface area contributed by atoms with Gasteiger partial charge in [0.15, 0.2) is 0 Å². The Morgan fingerprint density at radius 3 is 2.60 bits per heavy atom. The second-order valence-electron chi connectivity index (χ2n) is 4.63. The van der Waals surface area contributed by atoms with Crippen LogP contribution in [0.15, 0.2) is 40.9 Å². The Balaban J connectivity index is 2.56. The molecule has 2 rings (SSSR count). The Kier molecular flexibility index (Phi) is 4.89. The van der Waals surface area contributed by atoms with Gasteiger partial charge in [0.05, 0.1) is 6.04 Å². The second kappa shape index (κ2) is 6.46. The first kappa shape index (κ1) is 15.1. The van der Waals surface area contributed by atoms with E-state index in [-0.39, 0.29) is 11.6 Å². The molecular formula is C16H16BrF2N. The fraction of sp³-hybridized carbons (Fsp3) is 0.250. The molecule has 1 unspecified atom stereocenters. The minimum Gasteiger partial charge on any atom is -0.306 e. The Morgan fingerprint density at radius 1 is 1.15 bits per heavy atom. The summed E-state index contributed by atoms with van der Waals surface area (Å²) in [6.45, 7) is 4.24. The molecule has 2 aromatic rings. The van der Waals surface area contributed by atoms with E-state index in [1.165, 1.54) is 6.07 Å². The molecule has 1 N–H and O–H groups in total. The average Bonchev–Trinajstić information content (AvgIpc) is 2.43. The molecule has 0 amide bonds. The predicted octanol–water partition coefficient (Wildman–Crippen LogP) is 4.73. The lowest BCUT2D eigenvalue weighted by molar-refractivity contribution is 0.527. The standard InChI is InChI=1S/C16H16BrF2N/c1-3-20-16(12-6-4-5-10(2)15(12)19)13-9-11(17)7-8-14(13)18/h4-9,16,20H,3H2,1-2H3. The van der Waals surface area contributed by atoms with Crippen molar-refractivity contribution in [1.29, 1.82) is 0 Å². The van der Waals surface area contributed by atoms with Crippen molar-refractivity contribution in [3.8, 4) is 0 Å². The van der Waals surface area contributed by atoms with Crippen LogP contribution in [-0.2, 0) is 0 Å². The summed E-state index contributed by atoms with van der Waals surface area (Å²) in [6.07, 6.45) is 0. The number of nitrogens with one attached hydrogen (secondary N) is 1. The number of halogens is 3. The van der Waals surface area contributed by atoms with Crippen LogP contribution >= 0.6 is 15.9 Å². The molecule has 0 spiro atoms. The predicted molar refractivity (Wildman–Crippen MR) is 80.8 cm³/mol. The summed E-state index contributed by atoms with van der Waals surface area (Å²) in [5, 5.41) is 3.15. The SMILES string of the molecule is CCNC(c1cc(Br)ccc1F)c1cccc(C)c1F. The van der Waals surface area contributed by atoms with Gasteiger partial charge in [-0.15, -0.1) is 0 Å². The molecule has 1 atom stereocenters. The minimum atomic E-state index is -0.502. The van der Waals surface area contributed by atoms with Gasteiger partial charge in [-0.05, 0) is 37.2 Å². The summed E-state index contributed by atoms with van der Waals surface area (Å²) in [4.78, 5) is 0. The van der Waals surface area contributed by atoms with Crippen LogP contribution in [0.4, 0.5) is 8.78 Å². The van der Waals surface area contributed by atoms with E-state index in [4.69, 9.17) is 0 Å². The Morgan fingerprint density at radius 2 is 1.90 bits per heavy atom. The van der Waals surface area contributed by atoms with Gasteiger partial charge in [0.1, 0.15) is 11.6 Å². The van der Waals surface area contributed by atoms with Gasteiger partial charge in [0, 0.05) is 15.6 Å². The van der Waals surface area contributed by atoms with E-state index < -0.39 is 6.04 Å². The molecular weight excluding hydrogens is 324 g/mol. The molecule has 106 valence electrons. The topological polar surface area (TPSA) is 12.0 Å². The maximum Gasteiger partial charge on any atom is 0.131 e. The van der Waals surface area contributed by atoms with Crippen LogP contribution in [0.2, 0.25) is 0 Å². The lowest BCUT2D eigenvalue weighted by Crippen LogP contribution is -2.24. The van der Waals surface area contributed by atoms with Gasteiger partial charge in [-0.2, -0.15) is 0 Å². The maximum atomic E-state index is 14.3. The zero-order chi connectivity index (χ0) is 14.7. The third-order valence-electron chi connectivity index (χ3n) is 3.21. The van der Waals surface area contributed by atoms with E-state index in [2.05, 4.69) is 21.2 Å². The van der Waals surface area contributed by atoms with Crippen LogP contribution < -0.4 is 5.32 Å². The molecule has 0 aliphatic rings. The highest BCUT2D eigenvalue weighted by Crippen LogP contribution is 2.29. The van der Waals surface area contributed by atoms with E-state index in [1.54, 1.807) is 37.3 Å². The molecule has 20 heavy (non-hydrogen) atoms. The van der Waals surface area contributed by atoms with Crippen molar-refractivity contribution in [3.05, 3.63) is 69.2 Å². The molecule has 0 aliphatic heterocycles. The molecule has 0 heterocycles. The Labute approximate surface area is 126 Å². The van der Waals surface area contributed by atoms with E-state index in [1.807, 2.05) is 6.92 Å². The minimum absolute atomic E-state index is 0.294. The van der Waals surface area contributed by atoms with Crippen LogP contribution in [0.3, 0.4) is 0 Å². The zero-order valence-corrected chi connectivity index (χ0v) is 13.0. The Hall–Kier alpha value is -1.26. The number of benzene rings is 2. The van der Waals surface area contributed by atoms with Gasteiger partial charge in [0.2, 0.25) is 0 Å². The van der Waals surface area contributed by atoms with Gasteiger partial charge >= 0.3 is 0 Å². The van der Waals surface area contributed by atoms with Crippen LogP contribution in [0.25, 0.3) is 0 Å². The van der Waals surface area contributed by atoms with Crippen molar-refractivity contribution in [2.24, 2.45) is 0 Å². The van der Waals surface area contributed by atoms with E-state index in [0.717, 1.165) is 4.47 Å². The molecule has 2 aromatic carbocycles. The van der Waals surface area contributed by atoms with Crippen molar-refractivity contribution < 1.29 is 8.78 Å². The fourth-order valence-corrected chi connectivity index (χ4v) is 2.60. The van der Waals surface area contributed by atoms with Crippen molar-refractivity contribution >= 4 is 15.9 Å². The highest BCUT2D eigenvalue weighted by molar-refractivity contribution is 9.10. The van der Waals surface area contributed by atoms with Crippen molar-refractivity contribution in [2.75, 3.05) is 6.54 Å². The summed E-state index contributed by atoms with van der Waals surface area (Å²) < 4.78 is 29.2. The smallest absolute Gasteiger partial charge is 0.131 e. The summed E-state index contributed by atoms with van der Waals surface area (Å²) in [7, 11) is 0. The van der Waals surface area contributed by atoms with Gasteiger partial charge in [-0.25, -0.2) is 8.78 Å². The lowest BCUT2D eigenvalue weighted by atomic mass is 9.96. The molecule has 4 heteroatoms. The van der Waals surface area contributed by atoms with Crippen molar-refractivity contribution in [2.45, 2.75) is 19.9 Å². The molecule has 0 saturated heterocycles. The van der Waals surface area contributed by atoms with Gasteiger partial charge in [-0.3, -0.25) is 0 Å². The van der Waals surface area contributed by atoms with Gasteiger partial charge < -0.3 is 5.32 Å². The van der Waals surface area contributed by atoms with Crippen LogP contribution in [0.1, 0.15) is 29.7 Å². The first-order chi connectivity index (χ1) is 9.54. The number of hydrogen-bond donors (Lipinski definition) is 1. The summed E-state index contributed by atoms with van der Waals surface area (Å²) >= 11 is 3.33. The summed E-state index contributed by atoms with van der Waals surface area (Å²) in [5.41, 5.74) is 1.45. The van der Waals surface area contributed by atoms with Gasteiger partial charge in [0.25, 0.3) is 0 Å². The number of hydrogen-bond acceptors (Lipinski definition) is 1. The highest BCUT2D eigenvalue weighted by atomic mass is 79.9. The number of aryl methyl sites for hydroxylation is 1. The quantitative estimate of drug-likeness (QED) is 0.848. The number of rotatable bonds is 4. The third kappa shape index (κ3) is 3.07. The second-order valence-corrected chi connectivity index (χ2v) is 5.55. The van der Waals surface area contributed by atoms with E-state index in [0.29, 0.717) is 23.2 Å². The third-order valence-corrected chi connectivity index (χ3v) is 3.70. The lowest BCUT2D eigenvalue weighted by Gasteiger charge is -2.21. The zero-order valence-electron chi connectivity index (χ0n) is 11.4. The van der Waals surface area contributed by atoms with Gasteiger partial charge in [-0.1, -0.05) is 41.1 Å². The van der Waals surface area contributed by atoms with Crippen LogP contribution in [0, 0.1) is 18.6 Å². The van der Waals surface area contributed by atoms with Crippen molar-refractivity contribution in [1.82, 2.24) is 5.32 Å². The summed E-state index contributed by atoms with van der Waals surface area (Å²) in [6, 6.07) is 9.39. The molecule has 0 aromatic heterocycles. The van der Waals surface area contributed by atoms with Crippen LogP contribution in [0.5, 0.6) is 0 Å². The monoisotopic (exact) mass is 339 g/mol. The Bertz CT molecular complexity index is 611. The molecule has 0 aliphatic carbocycles. The first-order valence-corrected chi connectivity index (χ1v) is 7.27. The largest absolute Gasteiger partial charge is 0.306 e. The molecule has 0 bridgehead atoms. The average molecular weight is 340 g/mol. The van der Waals surface area contributed by atoms with E-state index in [9.17, 15) is 8.78 Å². The first-order valence-electron chi connectivity index (χ1n) is 6.48. The summed E-state index contributed by atoms with van der Waals surface area (Å²) in [5.74, 6) is -0.641. The highest BCUT2D eigenvalue weighted by Gasteiger charge is 2.21. The molecule has 0 radical (unpaired) electrons. The van der Waals surface area contributed by atoms with Crippen molar-refractivity contribution in [3.63, 3.8) is 0 Å².